The Balaban J connectivity index is 2.66. The summed E-state index contributed by atoms with van der Waals surface area (Å²) in [6.07, 6.45) is 1.35. The van der Waals surface area contributed by atoms with Gasteiger partial charge in [0.05, 0.1) is 16.2 Å². The van der Waals surface area contributed by atoms with Gasteiger partial charge in [-0.1, -0.05) is 18.2 Å². The summed E-state index contributed by atoms with van der Waals surface area (Å²) in [5, 5.41) is 9.02. The number of carbonyl (C=O) groups is 1. The molecule has 110 valence electrons. The molecule has 0 aliphatic heterocycles. The Labute approximate surface area is 122 Å². The van der Waals surface area contributed by atoms with Crippen LogP contribution in [0.3, 0.4) is 0 Å². The molecule has 1 N–H and O–H groups in total. The summed E-state index contributed by atoms with van der Waals surface area (Å²) in [7, 11) is -0.767. The first-order valence-corrected chi connectivity index (χ1v) is 7.49. The zero-order valence-corrected chi connectivity index (χ0v) is 12.3. The average Bonchev–Trinajstić information content (AvgIpc) is 2.47. The number of nitrogens with zero attached hydrogens (tertiary/aromatic N) is 2. The van der Waals surface area contributed by atoms with Crippen LogP contribution in [0.1, 0.15) is 10.4 Å². The van der Waals surface area contributed by atoms with Gasteiger partial charge in [0, 0.05) is 25.9 Å². The lowest BCUT2D eigenvalue weighted by molar-refractivity contribution is 0.0697. The zero-order chi connectivity index (χ0) is 15.6. The maximum absolute atomic E-state index is 12.3. The predicted molar refractivity (Wildman–Crippen MR) is 77.5 cm³/mol. The lowest BCUT2D eigenvalue weighted by atomic mass is 10.1. The van der Waals surface area contributed by atoms with E-state index in [1.165, 1.54) is 38.5 Å². The Morgan fingerprint density at radius 2 is 1.86 bits per heavy atom. The maximum Gasteiger partial charge on any atom is 0.335 e. The molecular formula is C14H14N2O4S. The van der Waals surface area contributed by atoms with E-state index in [4.69, 9.17) is 5.11 Å². The molecule has 7 heteroatoms. The second kappa shape index (κ2) is 5.63. The molecule has 0 aliphatic rings. The number of hydrogen-bond acceptors (Lipinski definition) is 4. The number of sulfonamides is 1. The molecule has 0 unspecified atom stereocenters. The Hall–Kier alpha value is -2.25. The van der Waals surface area contributed by atoms with Gasteiger partial charge in [0.25, 0.3) is 0 Å². The second-order valence-electron chi connectivity index (χ2n) is 4.52. The summed E-state index contributed by atoms with van der Waals surface area (Å²) >= 11 is 0. The van der Waals surface area contributed by atoms with Gasteiger partial charge in [0.15, 0.2) is 0 Å². The van der Waals surface area contributed by atoms with Gasteiger partial charge >= 0.3 is 5.97 Å². The number of hydrogen-bond donors (Lipinski definition) is 1. The van der Waals surface area contributed by atoms with Gasteiger partial charge in [-0.25, -0.2) is 17.5 Å². The van der Waals surface area contributed by atoms with E-state index in [0.717, 1.165) is 4.31 Å². The van der Waals surface area contributed by atoms with Gasteiger partial charge in [0.1, 0.15) is 0 Å². The van der Waals surface area contributed by atoms with Crippen LogP contribution in [0, 0.1) is 0 Å². The number of carboxylic acids is 1. The normalized spacial score (nSPS) is 11.6. The fraction of sp³-hybridized carbons (Fsp3) is 0.143. The van der Waals surface area contributed by atoms with Crippen molar-refractivity contribution < 1.29 is 18.3 Å². The van der Waals surface area contributed by atoms with E-state index in [1.54, 1.807) is 18.2 Å². The van der Waals surface area contributed by atoms with E-state index >= 15 is 0 Å². The number of benzene rings is 1. The van der Waals surface area contributed by atoms with E-state index in [-0.39, 0.29) is 10.5 Å². The quantitative estimate of drug-likeness (QED) is 0.929. The Morgan fingerprint density at radius 1 is 1.19 bits per heavy atom. The first kappa shape index (κ1) is 15.1. The standard InChI is InChI=1S/C14H14N2O4S/c1-16(2)21(19,20)13-6-4-3-5-11(13)12-9-10(14(17)18)7-8-15-12/h3-9H,1-2H3,(H,17,18). The minimum atomic E-state index is -3.64. The van der Waals surface area contributed by atoms with Gasteiger partial charge in [-0.3, -0.25) is 4.98 Å². The lowest BCUT2D eigenvalue weighted by Gasteiger charge is -2.14. The van der Waals surface area contributed by atoms with Crippen molar-refractivity contribution in [3.8, 4) is 11.3 Å². The lowest BCUT2D eigenvalue weighted by Crippen LogP contribution is -2.22. The Kier molecular flexibility index (Phi) is 4.06. The summed E-state index contributed by atoms with van der Waals surface area (Å²) in [4.78, 5) is 15.2. The highest BCUT2D eigenvalue weighted by atomic mass is 32.2. The summed E-state index contributed by atoms with van der Waals surface area (Å²) < 4.78 is 25.8. The van der Waals surface area contributed by atoms with Crippen LogP contribution in [0.15, 0.2) is 47.5 Å². The first-order chi connectivity index (χ1) is 9.84. The highest BCUT2D eigenvalue weighted by molar-refractivity contribution is 7.89. The molecule has 0 fully saturated rings. The van der Waals surface area contributed by atoms with Crippen LogP contribution in [-0.2, 0) is 10.0 Å². The molecule has 0 radical (unpaired) electrons. The van der Waals surface area contributed by atoms with Crippen LogP contribution >= 0.6 is 0 Å². The topological polar surface area (TPSA) is 87.6 Å². The predicted octanol–water partition coefficient (Wildman–Crippen LogP) is 1.70. The van der Waals surface area contributed by atoms with Crippen molar-refractivity contribution in [2.45, 2.75) is 4.90 Å². The molecule has 2 aromatic rings. The first-order valence-electron chi connectivity index (χ1n) is 6.05. The van der Waals surface area contributed by atoms with E-state index < -0.39 is 16.0 Å². The number of rotatable bonds is 4. The minimum absolute atomic E-state index is 0.0528. The highest BCUT2D eigenvalue weighted by Crippen LogP contribution is 2.27. The SMILES string of the molecule is CN(C)S(=O)(=O)c1ccccc1-c1cc(C(=O)O)ccn1. The van der Waals surface area contributed by atoms with E-state index in [2.05, 4.69) is 4.98 Å². The Bertz CT molecular complexity index is 785. The molecule has 21 heavy (non-hydrogen) atoms. The summed E-state index contributed by atoms with van der Waals surface area (Å²) in [5.74, 6) is -1.09. The van der Waals surface area contributed by atoms with Gasteiger partial charge in [-0.05, 0) is 18.2 Å². The molecule has 0 spiro atoms. The van der Waals surface area contributed by atoms with Gasteiger partial charge < -0.3 is 5.11 Å². The molecule has 0 saturated carbocycles. The second-order valence-corrected chi connectivity index (χ2v) is 6.64. The van der Waals surface area contributed by atoms with Crippen molar-refractivity contribution in [3.63, 3.8) is 0 Å². The summed E-state index contributed by atoms with van der Waals surface area (Å²) in [5.41, 5.74) is 0.724. The van der Waals surface area contributed by atoms with E-state index in [0.29, 0.717) is 11.3 Å². The number of carboxylic acid groups (broad SMARTS) is 1. The third kappa shape index (κ3) is 2.93. The molecule has 0 atom stereocenters. The Morgan fingerprint density at radius 3 is 2.48 bits per heavy atom. The van der Waals surface area contributed by atoms with E-state index in [1.807, 2.05) is 0 Å². The van der Waals surface area contributed by atoms with Crippen molar-refractivity contribution in [3.05, 3.63) is 48.2 Å². The molecule has 0 aliphatic carbocycles. The number of aromatic nitrogens is 1. The number of pyridine rings is 1. The van der Waals surface area contributed by atoms with Crippen molar-refractivity contribution in [2.24, 2.45) is 0 Å². The van der Waals surface area contributed by atoms with Crippen LogP contribution in [0.4, 0.5) is 0 Å². The minimum Gasteiger partial charge on any atom is -0.478 e. The maximum atomic E-state index is 12.3. The molecule has 0 saturated heterocycles. The fourth-order valence-corrected chi connectivity index (χ4v) is 2.91. The largest absolute Gasteiger partial charge is 0.478 e. The van der Waals surface area contributed by atoms with Crippen LogP contribution in [0.2, 0.25) is 0 Å². The molecule has 0 bridgehead atoms. The zero-order valence-electron chi connectivity index (χ0n) is 11.5. The summed E-state index contributed by atoms with van der Waals surface area (Å²) in [6.45, 7) is 0. The third-order valence-electron chi connectivity index (χ3n) is 2.93. The van der Waals surface area contributed by atoms with Crippen molar-refractivity contribution in [2.75, 3.05) is 14.1 Å². The van der Waals surface area contributed by atoms with Crippen LogP contribution in [0.25, 0.3) is 11.3 Å². The number of aromatic carboxylic acids is 1. The fourth-order valence-electron chi connectivity index (χ4n) is 1.81. The molecule has 0 amide bonds. The smallest absolute Gasteiger partial charge is 0.335 e. The van der Waals surface area contributed by atoms with E-state index in [9.17, 15) is 13.2 Å². The van der Waals surface area contributed by atoms with Crippen LogP contribution in [0.5, 0.6) is 0 Å². The highest BCUT2D eigenvalue weighted by Gasteiger charge is 2.22. The van der Waals surface area contributed by atoms with Crippen molar-refractivity contribution >= 4 is 16.0 Å². The molecular weight excluding hydrogens is 292 g/mol. The summed E-state index contributed by atoms with van der Waals surface area (Å²) in [6, 6.07) is 9.07. The molecule has 2 rings (SSSR count). The third-order valence-corrected chi connectivity index (χ3v) is 4.80. The average molecular weight is 306 g/mol. The molecule has 1 aromatic carbocycles. The van der Waals surface area contributed by atoms with Gasteiger partial charge in [-0.2, -0.15) is 0 Å². The molecule has 6 nitrogen and oxygen atoms in total. The molecule has 1 aromatic heterocycles. The van der Waals surface area contributed by atoms with Crippen LogP contribution in [-0.4, -0.2) is 42.9 Å². The van der Waals surface area contributed by atoms with Crippen molar-refractivity contribution in [1.82, 2.24) is 9.29 Å². The monoisotopic (exact) mass is 306 g/mol. The molecule has 1 heterocycles. The van der Waals surface area contributed by atoms with Crippen LogP contribution < -0.4 is 0 Å². The van der Waals surface area contributed by atoms with Gasteiger partial charge in [0.2, 0.25) is 10.0 Å². The van der Waals surface area contributed by atoms with Gasteiger partial charge in [-0.15, -0.1) is 0 Å². The van der Waals surface area contributed by atoms with Crippen molar-refractivity contribution in [1.29, 1.82) is 0 Å².